The highest BCUT2D eigenvalue weighted by atomic mass is 32.1. The van der Waals surface area contributed by atoms with E-state index >= 15 is 0 Å². The van der Waals surface area contributed by atoms with Gasteiger partial charge in [0, 0.05) is 16.0 Å². The molecule has 1 aromatic carbocycles. The van der Waals surface area contributed by atoms with E-state index < -0.39 is 11.6 Å². The molecule has 1 heterocycles. The van der Waals surface area contributed by atoms with Crippen LogP contribution in [-0.4, -0.2) is 10.2 Å². The average molecular weight is 278 g/mol. The zero-order chi connectivity index (χ0) is 14.0. The maximum absolute atomic E-state index is 14.0. The molecule has 0 spiro atoms. The summed E-state index contributed by atoms with van der Waals surface area (Å²) < 4.78 is 14.0. The Bertz CT molecular complexity index is 601. The molecule has 0 bridgehead atoms. The molecular formula is C15H15FO2S. The maximum atomic E-state index is 14.0. The number of phenols is 2. The van der Waals surface area contributed by atoms with Crippen LogP contribution in [0.5, 0.6) is 11.5 Å². The summed E-state index contributed by atoms with van der Waals surface area (Å²) in [7, 11) is 0. The van der Waals surface area contributed by atoms with Crippen molar-refractivity contribution < 1.29 is 14.6 Å². The first-order valence-electron chi connectivity index (χ1n) is 5.96. The largest absolute Gasteiger partial charge is 0.507 e. The number of benzene rings is 1. The summed E-state index contributed by atoms with van der Waals surface area (Å²) in [5, 5.41) is 21.6. The molecule has 0 aliphatic rings. The number of phenolic OH excluding ortho intramolecular Hbond substituents is 2. The molecule has 0 radical (unpaired) electrons. The van der Waals surface area contributed by atoms with Crippen molar-refractivity contribution in [1.29, 1.82) is 0 Å². The number of hydrogen-bond acceptors (Lipinski definition) is 3. The van der Waals surface area contributed by atoms with E-state index in [1.807, 2.05) is 17.5 Å². The lowest BCUT2D eigenvalue weighted by molar-refractivity contribution is 0.404. The lowest BCUT2D eigenvalue weighted by Crippen LogP contribution is -1.94. The van der Waals surface area contributed by atoms with E-state index in [2.05, 4.69) is 0 Å². The Morgan fingerprint density at radius 3 is 2.58 bits per heavy atom. The fourth-order valence-corrected chi connectivity index (χ4v) is 2.53. The number of hydrogen-bond donors (Lipinski definition) is 2. The van der Waals surface area contributed by atoms with Crippen LogP contribution >= 0.6 is 11.3 Å². The Hall–Kier alpha value is -1.81. The minimum absolute atomic E-state index is 0.0836. The monoisotopic (exact) mass is 278 g/mol. The van der Waals surface area contributed by atoms with Gasteiger partial charge in [-0.05, 0) is 29.5 Å². The van der Waals surface area contributed by atoms with Crippen LogP contribution in [0.3, 0.4) is 0 Å². The zero-order valence-electron chi connectivity index (χ0n) is 10.7. The van der Waals surface area contributed by atoms with Gasteiger partial charge >= 0.3 is 0 Å². The molecule has 100 valence electrons. The normalized spacial score (nSPS) is 11.6. The van der Waals surface area contributed by atoms with Crippen molar-refractivity contribution in [2.45, 2.75) is 19.8 Å². The van der Waals surface area contributed by atoms with Crippen LogP contribution in [0.2, 0.25) is 0 Å². The van der Waals surface area contributed by atoms with Crippen molar-refractivity contribution in [3.63, 3.8) is 0 Å². The first-order chi connectivity index (χ1) is 9.00. The highest BCUT2D eigenvalue weighted by Crippen LogP contribution is 2.38. The third kappa shape index (κ3) is 2.79. The van der Waals surface area contributed by atoms with E-state index in [1.165, 1.54) is 17.4 Å². The standard InChI is InChI=1S/C15H15FO2S/c1-9(2)13-12(17)8-10(14(16)15(13)18)5-6-11-4-3-7-19-11/h3-9,17-18H,1-2H3/b6-5+. The van der Waals surface area contributed by atoms with Gasteiger partial charge in [-0.25, -0.2) is 4.39 Å². The lowest BCUT2D eigenvalue weighted by atomic mass is 9.98. The van der Waals surface area contributed by atoms with Gasteiger partial charge in [0.2, 0.25) is 0 Å². The van der Waals surface area contributed by atoms with E-state index in [9.17, 15) is 14.6 Å². The molecule has 2 nitrogen and oxygen atoms in total. The summed E-state index contributed by atoms with van der Waals surface area (Å²) in [4.78, 5) is 0.978. The molecule has 0 amide bonds. The highest BCUT2D eigenvalue weighted by Gasteiger charge is 2.18. The second-order valence-electron chi connectivity index (χ2n) is 4.56. The zero-order valence-corrected chi connectivity index (χ0v) is 11.5. The van der Waals surface area contributed by atoms with Gasteiger partial charge in [0.1, 0.15) is 5.75 Å². The minimum Gasteiger partial charge on any atom is -0.507 e. The molecule has 0 aliphatic carbocycles. The summed E-state index contributed by atoms with van der Waals surface area (Å²) in [5.41, 5.74) is 0.415. The third-order valence-electron chi connectivity index (χ3n) is 2.83. The molecule has 1 aromatic heterocycles. The number of thiophene rings is 1. The minimum atomic E-state index is -0.700. The van der Waals surface area contributed by atoms with Crippen LogP contribution in [0.4, 0.5) is 4.39 Å². The molecule has 0 fully saturated rings. The summed E-state index contributed by atoms with van der Waals surface area (Å²) in [6.07, 6.45) is 3.29. The van der Waals surface area contributed by atoms with Gasteiger partial charge < -0.3 is 10.2 Å². The van der Waals surface area contributed by atoms with Crippen molar-refractivity contribution in [2.75, 3.05) is 0 Å². The van der Waals surface area contributed by atoms with Crippen molar-refractivity contribution >= 4 is 23.5 Å². The summed E-state index contributed by atoms with van der Waals surface area (Å²) >= 11 is 1.53. The maximum Gasteiger partial charge on any atom is 0.172 e. The van der Waals surface area contributed by atoms with E-state index in [0.29, 0.717) is 0 Å². The fraction of sp³-hybridized carbons (Fsp3) is 0.200. The van der Waals surface area contributed by atoms with Crippen molar-refractivity contribution in [3.8, 4) is 11.5 Å². The Labute approximate surface area is 115 Å². The molecule has 0 saturated carbocycles. The molecule has 0 saturated heterocycles. The number of aromatic hydroxyl groups is 2. The Kier molecular flexibility index (Phi) is 3.90. The average Bonchev–Trinajstić information content (AvgIpc) is 2.84. The molecule has 0 atom stereocenters. The van der Waals surface area contributed by atoms with Gasteiger partial charge in [0.25, 0.3) is 0 Å². The van der Waals surface area contributed by atoms with Gasteiger partial charge in [0.15, 0.2) is 11.6 Å². The van der Waals surface area contributed by atoms with Crippen LogP contribution in [-0.2, 0) is 0 Å². The molecule has 2 N–H and O–H groups in total. The smallest absolute Gasteiger partial charge is 0.172 e. The van der Waals surface area contributed by atoms with E-state index in [1.54, 1.807) is 26.0 Å². The summed E-state index contributed by atoms with van der Waals surface area (Å²) in [6.45, 7) is 3.57. The van der Waals surface area contributed by atoms with Crippen molar-refractivity contribution in [2.24, 2.45) is 0 Å². The van der Waals surface area contributed by atoms with E-state index in [0.717, 1.165) is 4.88 Å². The predicted octanol–water partition coefficient (Wildman–Crippen LogP) is 4.59. The van der Waals surface area contributed by atoms with Crippen LogP contribution in [0.15, 0.2) is 23.6 Å². The lowest BCUT2D eigenvalue weighted by Gasteiger charge is -2.12. The second kappa shape index (κ2) is 5.45. The fourth-order valence-electron chi connectivity index (χ4n) is 1.91. The molecule has 0 unspecified atom stereocenters. The predicted molar refractivity (Wildman–Crippen MR) is 77.1 cm³/mol. The molecular weight excluding hydrogens is 263 g/mol. The van der Waals surface area contributed by atoms with Gasteiger partial charge in [-0.15, -0.1) is 11.3 Å². The van der Waals surface area contributed by atoms with Gasteiger partial charge in [-0.2, -0.15) is 0 Å². The molecule has 2 aromatic rings. The molecule has 0 aliphatic heterocycles. The van der Waals surface area contributed by atoms with Crippen LogP contribution in [0.1, 0.15) is 35.8 Å². The Morgan fingerprint density at radius 1 is 1.26 bits per heavy atom. The SMILES string of the molecule is CC(C)c1c(O)cc(/C=C/c2cccs2)c(F)c1O. The van der Waals surface area contributed by atoms with Crippen molar-refractivity contribution in [1.82, 2.24) is 0 Å². The highest BCUT2D eigenvalue weighted by molar-refractivity contribution is 7.10. The second-order valence-corrected chi connectivity index (χ2v) is 5.54. The summed E-state index contributed by atoms with van der Waals surface area (Å²) in [5.74, 6) is -1.40. The van der Waals surface area contributed by atoms with E-state index in [-0.39, 0.29) is 22.8 Å². The van der Waals surface area contributed by atoms with Gasteiger partial charge in [-0.3, -0.25) is 0 Å². The van der Waals surface area contributed by atoms with E-state index in [4.69, 9.17) is 0 Å². The van der Waals surface area contributed by atoms with Gasteiger partial charge in [-0.1, -0.05) is 26.0 Å². The molecule has 2 rings (SSSR count). The third-order valence-corrected chi connectivity index (χ3v) is 3.67. The van der Waals surface area contributed by atoms with Crippen LogP contribution < -0.4 is 0 Å². The summed E-state index contributed by atoms with van der Waals surface area (Å²) in [6, 6.07) is 5.15. The van der Waals surface area contributed by atoms with Crippen LogP contribution in [0, 0.1) is 5.82 Å². The quantitative estimate of drug-likeness (QED) is 0.862. The van der Waals surface area contributed by atoms with Crippen molar-refractivity contribution in [3.05, 3.63) is 45.4 Å². The Balaban J connectivity index is 2.43. The first kappa shape index (κ1) is 13.6. The van der Waals surface area contributed by atoms with Gasteiger partial charge in [0.05, 0.1) is 0 Å². The van der Waals surface area contributed by atoms with Crippen LogP contribution in [0.25, 0.3) is 12.2 Å². The molecule has 4 heteroatoms. The molecule has 19 heavy (non-hydrogen) atoms. The number of rotatable bonds is 3. The number of halogens is 1. The first-order valence-corrected chi connectivity index (χ1v) is 6.84. The topological polar surface area (TPSA) is 40.5 Å². The Morgan fingerprint density at radius 2 is 2.00 bits per heavy atom.